The summed E-state index contributed by atoms with van der Waals surface area (Å²) in [6.45, 7) is 0.637. The first-order chi connectivity index (χ1) is 11.0. The van der Waals surface area contributed by atoms with Crippen molar-refractivity contribution in [2.75, 3.05) is 12.3 Å². The highest BCUT2D eigenvalue weighted by molar-refractivity contribution is 9.10. The first-order valence-corrected chi connectivity index (χ1v) is 8.40. The van der Waals surface area contributed by atoms with Crippen molar-refractivity contribution in [3.63, 3.8) is 0 Å². The zero-order valence-electron chi connectivity index (χ0n) is 11.7. The maximum atomic E-state index is 12.2. The van der Waals surface area contributed by atoms with E-state index < -0.39 is 17.2 Å². The minimum absolute atomic E-state index is 0.234. The minimum Gasteiger partial charge on any atom is -0.505 e. The topological polar surface area (TPSA) is 96.6 Å². The molecule has 0 spiro atoms. The molecule has 0 saturated carbocycles. The van der Waals surface area contributed by atoms with Gasteiger partial charge in [-0.05, 0) is 24.3 Å². The van der Waals surface area contributed by atoms with E-state index in [-0.39, 0.29) is 5.69 Å². The molecule has 1 aliphatic rings. The van der Waals surface area contributed by atoms with Gasteiger partial charge in [-0.15, -0.1) is 0 Å². The van der Waals surface area contributed by atoms with E-state index >= 15 is 0 Å². The molecular weight excluding hydrogens is 384 g/mol. The van der Waals surface area contributed by atoms with Gasteiger partial charge in [-0.2, -0.15) is 9.78 Å². The van der Waals surface area contributed by atoms with Crippen molar-refractivity contribution in [2.45, 2.75) is 0 Å². The molecule has 3 rings (SSSR count). The molecule has 0 bridgehead atoms. The van der Waals surface area contributed by atoms with Crippen molar-refractivity contribution >= 4 is 38.8 Å². The third-order valence-electron chi connectivity index (χ3n) is 3.00. The predicted octanol–water partition coefficient (Wildman–Crippen LogP) is 1.53. The van der Waals surface area contributed by atoms with Crippen molar-refractivity contribution in [1.82, 2.24) is 15.1 Å². The molecule has 23 heavy (non-hydrogen) atoms. The Morgan fingerprint density at radius 1 is 1.35 bits per heavy atom. The number of thioether (sulfide) groups is 1. The number of carbonyl (C=O) groups excluding carboxylic acids is 1. The molecule has 0 saturated heterocycles. The molecule has 7 nitrogen and oxygen atoms in total. The Hall–Kier alpha value is -2.13. The monoisotopic (exact) mass is 394 g/mol. The lowest BCUT2D eigenvalue weighted by molar-refractivity contribution is 0.0968. The van der Waals surface area contributed by atoms with Gasteiger partial charge in [-0.25, -0.2) is 0 Å². The summed E-state index contributed by atoms with van der Waals surface area (Å²) in [4.78, 5) is 28.3. The van der Waals surface area contributed by atoms with Crippen LogP contribution in [0, 0.1) is 0 Å². The molecule has 0 aliphatic carbocycles. The number of hydrogen-bond donors (Lipinski definition) is 2. The molecule has 0 radical (unpaired) electrons. The Balaban J connectivity index is 1.97. The standard InChI is InChI=1S/C14H11BrN4O3S/c15-8-1-3-9(4-2-8)19-11(21)7-10(20)12(18-19)13(22)17-14-16-5-6-23-14/h1-4,7,20H,5-6H2,(H,16,17,22). The van der Waals surface area contributed by atoms with E-state index in [0.717, 1.165) is 21.0 Å². The number of amides is 1. The number of benzene rings is 1. The molecule has 9 heteroatoms. The molecule has 1 aromatic carbocycles. The summed E-state index contributed by atoms with van der Waals surface area (Å²) in [5.41, 5.74) is -0.281. The van der Waals surface area contributed by atoms with Gasteiger partial charge in [0.25, 0.3) is 11.5 Å². The van der Waals surface area contributed by atoms with E-state index in [0.29, 0.717) is 17.4 Å². The molecular formula is C14H11BrN4O3S. The Kier molecular flexibility index (Phi) is 4.49. The van der Waals surface area contributed by atoms with Gasteiger partial charge in [-0.3, -0.25) is 19.9 Å². The smallest absolute Gasteiger partial charge is 0.281 e. The molecule has 118 valence electrons. The molecule has 2 heterocycles. The van der Waals surface area contributed by atoms with Gasteiger partial charge in [0.15, 0.2) is 16.6 Å². The van der Waals surface area contributed by atoms with Gasteiger partial charge in [0.05, 0.1) is 12.2 Å². The molecule has 2 aromatic rings. The second kappa shape index (κ2) is 6.55. The zero-order chi connectivity index (χ0) is 16.4. The average Bonchev–Trinajstić information content (AvgIpc) is 3.01. The third-order valence-corrected chi connectivity index (χ3v) is 4.42. The first-order valence-electron chi connectivity index (χ1n) is 6.62. The van der Waals surface area contributed by atoms with Crippen LogP contribution < -0.4 is 10.9 Å². The zero-order valence-corrected chi connectivity index (χ0v) is 14.1. The molecule has 1 aromatic heterocycles. The molecule has 0 atom stereocenters. The predicted molar refractivity (Wildman–Crippen MR) is 91.4 cm³/mol. The molecule has 1 aliphatic heterocycles. The van der Waals surface area contributed by atoms with Gasteiger partial charge in [0.2, 0.25) is 0 Å². The van der Waals surface area contributed by atoms with Crippen LogP contribution in [0.2, 0.25) is 0 Å². The van der Waals surface area contributed by atoms with Crippen molar-refractivity contribution in [3.05, 3.63) is 50.9 Å². The highest BCUT2D eigenvalue weighted by Gasteiger charge is 2.19. The van der Waals surface area contributed by atoms with Gasteiger partial charge in [0.1, 0.15) is 0 Å². The quantitative estimate of drug-likeness (QED) is 0.804. The summed E-state index contributed by atoms with van der Waals surface area (Å²) >= 11 is 4.72. The summed E-state index contributed by atoms with van der Waals surface area (Å²) in [5.74, 6) is -0.279. The Morgan fingerprint density at radius 2 is 2.09 bits per heavy atom. The van der Waals surface area contributed by atoms with Crippen molar-refractivity contribution in [1.29, 1.82) is 0 Å². The van der Waals surface area contributed by atoms with E-state index in [1.165, 1.54) is 11.8 Å². The number of amidine groups is 1. The first kappa shape index (κ1) is 15.8. The van der Waals surface area contributed by atoms with Crippen LogP contribution in [0.3, 0.4) is 0 Å². The van der Waals surface area contributed by atoms with Crippen LogP contribution in [0.4, 0.5) is 0 Å². The maximum Gasteiger partial charge on any atom is 0.281 e. The SMILES string of the molecule is O=C(NC1=NCCS1)c1nn(-c2ccc(Br)cc2)c(=O)cc1O. The number of aliphatic imine (C=N–C) groups is 1. The minimum atomic E-state index is -0.610. The third kappa shape index (κ3) is 3.45. The number of aromatic hydroxyl groups is 1. The van der Waals surface area contributed by atoms with Crippen LogP contribution in [-0.4, -0.2) is 38.3 Å². The molecule has 0 unspecified atom stereocenters. The highest BCUT2D eigenvalue weighted by Crippen LogP contribution is 2.16. The number of nitrogens with zero attached hydrogens (tertiary/aromatic N) is 3. The lowest BCUT2D eigenvalue weighted by Crippen LogP contribution is -2.31. The van der Waals surface area contributed by atoms with Gasteiger partial charge < -0.3 is 5.11 Å². The Labute approximate surface area is 143 Å². The van der Waals surface area contributed by atoms with Crippen LogP contribution in [0.15, 0.2) is 44.6 Å². The van der Waals surface area contributed by atoms with Crippen molar-refractivity contribution in [3.8, 4) is 11.4 Å². The summed E-state index contributed by atoms with van der Waals surface area (Å²) < 4.78 is 1.91. The van der Waals surface area contributed by atoms with E-state index in [1.54, 1.807) is 24.3 Å². The summed E-state index contributed by atoms with van der Waals surface area (Å²) in [6, 6.07) is 7.82. The van der Waals surface area contributed by atoms with Crippen LogP contribution >= 0.6 is 27.7 Å². The number of carbonyl (C=O) groups is 1. The highest BCUT2D eigenvalue weighted by atomic mass is 79.9. The molecule has 0 fully saturated rings. The van der Waals surface area contributed by atoms with Crippen LogP contribution in [0.25, 0.3) is 5.69 Å². The average molecular weight is 395 g/mol. The van der Waals surface area contributed by atoms with E-state index in [4.69, 9.17) is 0 Å². The van der Waals surface area contributed by atoms with E-state index in [2.05, 4.69) is 31.3 Å². The van der Waals surface area contributed by atoms with Crippen molar-refractivity contribution < 1.29 is 9.90 Å². The second-order valence-electron chi connectivity index (χ2n) is 4.59. The largest absolute Gasteiger partial charge is 0.505 e. The number of nitrogens with one attached hydrogen (secondary N) is 1. The summed E-state index contributed by atoms with van der Waals surface area (Å²) in [5, 5.41) is 16.9. The summed E-state index contributed by atoms with van der Waals surface area (Å²) in [6.07, 6.45) is 0. The fourth-order valence-electron chi connectivity index (χ4n) is 1.94. The van der Waals surface area contributed by atoms with Crippen LogP contribution in [-0.2, 0) is 0 Å². The fourth-order valence-corrected chi connectivity index (χ4v) is 2.93. The fraction of sp³-hybridized carbons (Fsp3) is 0.143. The Bertz CT molecular complexity index is 848. The number of rotatable bonds is 2. The van der Waals surface area contributed by atoms with E-state index in [1.807, 2.05) is 0 Å². The van der Waals surface area contributed by atoms with Crippen molar-refractivity contribution in [2.24, 2.45) is 4.99 Å². The normalized spacial score (nSPS) is 13.7. The molecule has 2 N–H and O–H groups in total. The van der Waals surface area contributed by atoms with Crippen LogP contribution in [0.1, 0.15) is 10.5 Å². The van der Waals surface area contributed by atoms with Gasteiger partial charge in [0, 0.05) is 16.3 Å². The second-order valence-corrected chi connectivity index (χ2v) is 6.59. The van der Waals surface area contributed by atoms with Crippen LogP contribution in [0.5, 0.6) is 5.75 Å². The van der Waals surface area contributed by atoms with E-state index in [9.17, 15) is 14.7 Å². The number of halogens is 1. The maximum absolute atomic E-state index is 12.2. The van der Waals surface area contributed by atoms with Gasteiger partial charge in [-0.1, -0.05) is 27.7 Å². The van der Waals surface area contributed by atoms with Gasteiger partial charge >= 0.3 is 0 Å². The number of hydrogen-bond acceptors (Lipinski definition) is 6. The lowest BCUT2D eigenvalue weighted by atomic mass is 10.3. The lowest BCUT2D eigenvalue weighted by Gasteiger charge is -2.09. The molecule has 1 amide bonds. The summed E-state index contributed by atoms with van der Waals surface area (Å²) in [7, 11) is 0. The Morgan fingerprint density at radius 3 is 2.74 bits per heavy atom. The number of aromatic nitrogens is 2.